The Kier molecular flexibility index (Phi) is 4.39. The van der Waals surface area contributed by atoms with Crippen LogP contribution in [0.1, 0.15) is 19.8 Å². The Labute approximate surface area is 97.9 Å². The van der Waals surface area contributed by atoms with Crippen LogP contribution in [0.15, 0.2) is 0 Å². The van der Waals surface area contributed by atoms with Gasteiger partial charge in [-0.1, -0.05) is 0 Å². The zero-order valence-electron chi connectivity index (χ0n) is 9.76. The van der Waals surface area contributed by atoms with Gasteiger partial charge in [0.25, 0.3) is 5.92 Å². The largest absolute Gasteiger partial charge is 0.469 e. The van der Waals surface area contributed by atoms with Gasteiger partial charge in [-0.3, -0.25) is 14.9 Å². The average Bonchev–Trinajstić information content (AvgIpc) is 2.58. The van der Waals surface area contributed by atoms with Crippen LogP contribution >= 0.6 is 0 Å². The van der Waals surface area contributed by atoms with E-state index in [0.29, 0.717) is 0 Å². The fourth-order valence-corrected chi connectivity index (χ4v) is 1.63. The molecule has 1 aliphatic rings. The van der Waals surface area contributed by atoms with Crippen molar-refractivity contribution < 1.29 is 23.1 Å². The van der Waals surface area contributed by atoms with Crippen molar-refractivity contribution in [3.05, 3.63) is 0 Å². The van der Waals surface area contributed by atoms with Gasteiger partial charge in [-0.25, -0.2) is 8.78 Å². The quantitative estimate of drug-likeness (QED) is 0.692. The first-order chi connectivity index (χ1) is 7.84. The normalized spacial score (nSPS) is 24.1. The van der Waals surface area contributed by atoms with Gasteiger partial charge < -0.3 is 10.1 Å². The maximum atomic E-state index is 12.8. The minimum Gasteiger partial charge on any atom is -0.469 e. The number of nitrogens with one attached hydrogen (secondary N) is 2. The third-order valence-corrected chi connectivity index (χ3v) is 2.52. The first-order valence-electron chi connectivity index (χ1n) is 5.32. The van der Waals surface area contributed by atoms with Crippen molar-refractivity contribution in [3.63, 3.8) is 0 Å². The van der Waals surface area contributed by atoms with E-state index in [1.54, 1.807) is 6.92 Å². The lowest BCUT2D eigenvalue weighted by Crippen LogP contribution is -2.44. The highest BCUT2D eigenvalue weighted by Gasteiger charge is 2.42. The van der Waals surface area contributed by atoms with Crippen molar-refractivity contribution in [2.45, 2.75) is 37.8 Å². The number of carbonyl (C=O) groups excluding carboxylic acids is 2. The lowest BCUT2D eigenvalue weighted by molar-refractivity contribution is -0.141. The molecular weight excluding hydrogens is 234 g/mol. The molecule has 1 rings (SSSR count). The number of hydrogen-bond acceptors (Lipinski definition) is 4. The van der Waals surface area contributed by atoms with Crippen molar-refractivity contribution in [1.82, 2.24) is 10.6 Å². The van der Waals surface area contributed by atoms with Crippen molar-refractivity contribution in [2.24, 2.45) is 0 Å². The summed E-state index contributed by atoms with van der Waals surface area (Å²) < 4.78 is 30.1. The zero-order valence-corrected chi connectivity index (χ0v) is 9.76. The molecule has 1 saturated heterocycles. The molecule has 2 atom stereocenters. The summed E-state index contributed by atoms with van der Waals surface area (Å²) in [6.07, 6.45) is -0.491. The molecule has 0 spiro atoms. The molecule has 0 radical (unpaired) electrons. The minimum atomic E-state index is -2.84. The molecule has 2 N–H and O–H groups in total. The summed E-state index contributed by atoms with van der Waals surface area (Å²) in [5.41, 5.74) is 0. The van der Waals surface area contributed by atoms with Crippen LogP contribution in [-0.2, 0) is 14.3 Å². The van der Waals surface area contributed by atoms with Gasteiger partial charge in [0.1, 0.15) is 0 Å². The molecule has 0 aromatic rings. The number of amides is 1. The maximum Gasteiger partial charge on any atom is 0.307 e. The molecule has 2 unspecified atom stereocenters. The second-order valence-corrected chi connectivity index (χ2v) is 4.18. The Hall–Kier alpha value is -1.24. The highest BCUT2D eigenvalue weighted by atomic mass is 19.3. The fourth-order valence-electron chi connectivity index (χ4n) is 1.63. The summed E-state index contributed by atoms with van der Waals surface area (Å²) in [6, 6.07) is -1.34. The maximum absolute atomic E-state index is 12.8. The van der Waals surface area contributed by atoms with E-state index in [-0.39, 0.29) is 6.42 Å². The van der Waals surface area contributed by atoms with Crippen LogP contribution in [0.25, 0.3) is 0 Å². The SMILES string of the molecule is COC(=O)CC(C)NC(=O)C1CC(F)(F)CN1. The van der Waals surface area contributed by atoms with Crippen LogP contribution in [-0.4, -0.2) is 43.5 Å². The van der Waals surface area contributed by atoms with E-state index in [1.807, 2.05) is 0 Å². The van der Waals surface area contributed by atoms with E-state index in [0.717, 1.165) is 0 Å². The summed E-state index contributed by atoms with van der Waals surface area (Å²) in [6.45, 7) is 1.12. The van der Waals surface area contributed by atoms with E-state index in [9.17, 15) is 18.4 Å². The van der Waals surface area contributed by atoms with Crippen molar-refractivity contribution in [3.8, 4) is 0 Å². The summed E-state index contributed by atoms with van der Waals surface area (Å²) in [7, 11) is 1.25. The van der Waals surface area contributed by atoms with Gasteiger partial charge in [-0.05, 0) is 6.92 Å². The summed E-state index contributed by atoms with van der Waals surface area (Å²) in [4.78, 5) is 22.5. The van der Waals surface area contributed by atoms with E-state index in [1.165, 1.54) is 7.11 Å². The first-order valence-corrected chi connectivity index (χ1v) is 5.32. The molecule has 1 heterocycles. The monoisotopic (exact) mass is 250 g/mol. The Morgan fingerprint density at radius 1 is 1.59 bits per heavy atom. The van der Waals surface area contributed by atoms with Crippen molar-refractivity contribution in [1.29, 1.82) is 0 Å². The molecule has 0 aromatic heterocycles. The van der Waals surface area contributed by atoms with Crippen LogP contribution in [0, 0.1) is 0 Å². The number of hydrogen-bond donors (Lipinski definition) is 2. The zero-order chi connectivity index (χ0) is 13.1. The molecular formula is C10H16F2N2O3. The fraction of sp³-hybridized carbons (Fsp3) is 0.800. The van der Waals surface area contributed by atoms with Crippen molar-refractivity contribution in [2.75, 3.05) is 13.7 Å². The molecule has 1 amide bonds. The first kappa shape index (κ1) is 13.8. The highest BCUT2D eigenvalue weighted by molar-refractivity contribution is 5.83. The summed E-state index contributed by atoms with van der Waals surface area (Å²) in [5, 5.41) is 4.93. The molecule has 0 aliphatic carbocycles. The smallest absolute Gasteiger partial charge is 0.307 e. The van der Waals surface area contributed by atoms with Gasteiger partial charge in [0.05, 0.1) is 26.1 Å². The second-order valence-electron chi connectivity index (χ2n) is 4.18. The van der Waals surface area contributed by atoms with Gasteiger partial charge >= 0.3 is 5.97 Å². The number of alkyl halides is 2. The topological polar surface area (TPSA) is 67.4 Å². The Balaban J connectivity index is 2.37. The van der Waals surface area contributed by atoms with Gasteiger partial charge in [-0.15, -0.1) is 0 Å². The number of carbonyl (C=O) groups is 2. The standard InChI is InChI=1S/C10H16F2N2O3/c1-6(3-8(15)17-2)14-9(16)7-4-10(11,12)5-13-7/h6-7,13H,3-5H2,1-2H3,(H,14,16). The van der Waals surface area contributed by atoms with E-state index in [2.05, 4.69) is 15.4 Å². The Morgan fingerprint density at radius 3 is 2.71 bits per heavy atom. The van der Waals surface area contributed by atoms with Gasteiger partial charge in [0.2, 0.25) is 5.91 Å². The van der Waals surface area contributed by atoms with Gasteiger partial charge in [-0.2, -0.15) is 0 Å². The molecule has 98 valence electrons. The molecule has 1 aliphatic heterocycles. The van der Waals surface area contributed by atoms with Crippen LogP contribution in [0.4, 0.5) is 8.78 Å². The highest BCUT2D eigenvalue weighted by Crippen LogP contribution is 2.25. The molecule has 0 bridgehead atoms. The predicted molar refractivity (Wildman–Crippen MR) is 55.6 cm³/mol. The number of ether oxygens (including phenoxy) is 1. The third-order valence-electron chi connectivity index (χ3n) is 2.52. The van der Waals surface area contributed by atoms with Crippen molar-refractivity contribution >= 4 is 11.9 Å². The Morgan fingerprint density at radius 2 is 2.24 bits per heavy atom. The van der Waals surface area contributed by atoms with E-state index >= 15 is 0 Å². The van der Waals surface area contributed by atoms with E-state index < -0.39 is 42.8 Å². The average molecular weight is 250 g/mol. The van der Waals surface area contributed by atoms with Crippen LogP contribution < -0.4 is 10.6 Å². The Bertz CT molecular complexity index is 310. The van der Waals surface area contributed by atoms with Gasteiger partial charge in [0.15, 0.2) is 0 Å². The molecule has 0 aromatic carbocycles. The molecule has 7 heteroatoms. The molecule has 17 heavy (non-hydrogen) atoms. The minimum absolute atomic E-state index is 0.0192. The number of methoxy groups -OCH3 is 1. The molecule has 0 saturated carbocycles. The number of rotatable bonds is 4. The number of halogens is 2. The van der Waals surface area contributed by atoms with E-state index in [4.69, 9.17) is 0 Å². The lowest BCUT2D eigenvalue weighted by Gasteiger charge is -2.16. The predicted octanol–water partition coefficient (Wildman–Crippen LogP) is 0.0514. The molecule has 1 fully saturated rings. The van der Waals surface area contributed by atoms with Gasteiger partial charge in [0, 0.05) is 12.5 Å². The lowest BCUT2D eigenvalue weighted by atomic mass is 10.1. The van der Waals surface area contributed by atoms with Crippen LogP contribution in [0.5, 0.6) is 0 Å². The van der Waals surface area contributed by atoms with Crippen LogP contribution in [0.2, 0.25) is 0 Å². The summed E-state index contributed by atoms with van der Waals surface area (Å²) >= 11 is 0. The van der Waals surface area contributed by atoms with Crippen LogP contribution in [0.3, 0.4) is 0 Å². The molecule has 5 nitrogen and oxygen atoms in total. The third kappa shape index (κ3) is 4.26. The summed E-state index contributed by atoms with van der Waals surface area (Å²) in [5.74, 6) is -3.81. The number of esters is 1. The second kappa shape index (κ2) is 5.39.